The highest BCUT2D eigenvalue weighted by Gasteiger charge is 2.27. The van der Waals surface area contributed by atoms with Gasteiger partial charge in [0.05, 0.1) is 33.8 Å². The number of phosphoric acid groups is 1. The molecular weight excluding hydrogens is 964 g/mol. The van der Waals surface area contributed by atoms with Crippen LogP contribution in [0, 0.1) is 0 Å². The molecule has 0 saturated heterocycles. The maximum absolute atomic E-state index is 13.5. The van der Waals surface area contributed by atoms with Gasteiger partial charge in [-0.3, -0.25) is 14.2 Å². The SMILES string of the molecule is CC/C=C/C/C=C/C/C=C/C/C=C/CCCCCC(=O)NC(COP(=O)([O-])OCC[N+](C)(C)C)C(/C=C\CCCCCCCCCCC)OC(=O)CCCCCCCCCCCCCCC/C=C\C/C=C\CCCCC. The summed E-state index contributed by atoms with van der Waals surface area (Å²) in [7, 11) is 1.16. The molecule has 76 heavy (non-hydrogen) atoms. The molecule has 0 aliphatic rings. The highest BCUT2D eigenvalue weighted by Crippen LogP contribution is 2.38. The van der Waals surface area contributed by atoms with Gasteiger partial charge in [0.15, 0.2) is 0 Å². The van der Waals surface area contributed by atoms with Crippen molar-refractivity contribution in [1.29, 1.82) is 0 Å². The van der Waals surface area contributed by atoms with E-state index in [2.05, 4.69) is 99.0 Å². The van der Waals surface area contributed by atoms with Crippen LogP contribution in [-0.2, 0) is 27.9 Å². The van der Waals surface area contributed by atoms with Crippen LogP contribution in [0.25, 0.3) is 0 Å². The van der Waals surface area contributed by atoms with Crippen LogP contribution in [0.3, 0.4) is 0 Å². The molecule has 3 unspecified atom stereocenters. The van der Waals surface area contributed by atoms with Crippen molar-refractivity contribution in [2.45, 2.75) is 283 Å². The first kappa shape index (κ1) is 73.2. The van der Waals surface area contributed by atoms with Gasteiger partial charge in [-0.15, -0.1) is 0 Å². The van der Waals surface area contributed by atoms with E-state index in [0.29, 0.717) is 17.4 Å². The van der Waals surface area contributed by atoms with Gasteiger partial charge in [0.2, 0.25) is 5.91 Å². The molecule has 0 aliphatic carbocycles. The Morgan fingerprint density at radius 1 is 0.474 bits per heavy atom. The van der Waals surface area contributed by atoms with Crippen LogP contribution < -0.4 is 10.2 Å². The van der Waals surface area contributed by atoms with E-state index in [-0.39, 0.29) is 31.3 Å². The van der Waals surface area contributed by atoms with Crippen molar-refractivity contribution in [1.82, 2.24) is 5.32 Å². The lowest BCUT2D eigenvalue weighted by Crippen LogP contribution is -2.47. The van der Waals surface area contributed by atoms with Gasteiger partial charge < -0.3 is 28.5 Å². The quantitative estimate of drug-likeness (QED) is 0.0212. The Kier molecular flexibility index (Phi) is 53.5. The predicted octanol–water partition coefficient (Wildman–Crippen LogP) is 18.8. The van der Waals surface area contributed by atoms with Crippen LogP contribution in [0.2, 0.25) is 0 Å². The van der Waals surface area contributed by atoms with Crippen LogP contribution in [0.1, 0.15) is 271 Å². The predicted molar refractivity (Wildman–Crippen MR) is 325 cm³/mol. The van der Waals surface area contributed by atoms with Crippen molar-refractivity contribution in [3.8, 4) is 0 Å². The zero-order valence-electron chi connectivity index (χ0n) is 50.2. The highest BCUT2D eigenvalue weighted by molar-refractivity contribution is 7.45. The zero-order chi connectivity index (χ0) is 55.7. The van der Waals surface area contributed by atoms with Crippen LogP contribution >= 0.6 is 7.82 Å². The number of carbonyl (C=O) groups is 2. The number of esters is 1. The summed E-state index contributed by atoms with van der Waals surface area (Å²) in [6.07, 6.45) is 72.7. The minimum Gasteiger partial charge on any atom is -0.756 e. The van der Waals surface area contributed by atoms with Gasteiger partial charge in [-0.2, -0.15) is 0 Å². The Labute approximate surface area is 469 Å². The first-order chi connectivity index (χ1) is 36.9. The molecule has 0 saturated carbocycles. The molecule has 0 rings (SSSR count). The molecule has 0 radical (unpaired) electrons. The topological polar surface area (TPSA) is 114 Å². The maximum Gasteiger partial charge on any atom is 0.306 e. The van der Waals surface area contributed by atoms with Crippen LogP contribution in [0.5, 0.6) is 0 Å². The molecule has 0 spiro atoms. The number of amides is 1. The molecule has 1 N–H and O–H groups in total. The fourth-order valence-corrected chi connectivity index (χ4v) is 9.44. The number of carbonyl (C=O) groups excluding carboxylic acids is 2. The molecular formula is C66H119N2O7P. The van der Waals surface area contributed by atoms with Crippen LogP contribution in [0.15, 0.2) is 85.1 Å². The third-order valence-corrected chi connectivity index (χ3v) is 14.5. The summed E-state index contributed by atoms with van der Waals surface area (Å²) in [5, 5.41) is 3.01. The van der Waals surface area contributed by atoms with Crippen molar-refractivity contribution < 1.29 is 37.3 Å². The molecule has 0 aromatic heterocycles. The van der Waals surface area contributed by atoms with Crippen LogP contribution in [-0.4, -0.2) is 69.4 Å². The van der Waals surface area contributed by atoms with Crippen molar-refractivity contribution >= 4 is 19.7 Å². The molecule has 0 aliphatic heterocycles. The van der Waals surface area contributed by atoms with E-state index >= 15 is 0 Å². The minimum atomic E-state index is -4.71. The number of unbranched alkanes of at least 4 members (excludes halogenated alkanes) is 28. The van der Waals surface area contributed by atoms with E-state index in [1.807, 2.05) is 33.3 Å². The fourth-order valence-electron chi connectivity index (χ4n) is 8.72. The fraction of sp³-hybridized carbons (Fsp3) is 0.758. The number of phosphoric ester groups is 1. The zero-order valence-corrected chi connectivity index (χ0v) is 51.1. The summed E-state index contributed by atoms with van der Waals surface area (Å²) in [5.74, 6) is -0.578. The third-order valence-electron chi connectivity index (χ3n) is 13.6. The molecule has 1 amide bonds. The number of quaternary nitrogens is 1. The van der Waals surface area contributed by atoms with E-state index in [9.17, 15) is 19.0 Å². The lowest BCUT2D eigenvalue weighted by atomic mass is 10.0. The van der Waals surface area contributed by atoms with Crippen molar-refractivity contribution in [2.24, 2.45) is 0 Å². The van der Waals surface area contributed by atoms with Gasteiger partial charge in [0.25, 0.3) is 7.82 Å². The van der Waals surface area contributed by atoms with E-state index in [0.717, 1.165) is 89.9 Å². The standard InChI is InChI=1S/C66H119N2O7P/c1-7-10-13-16-19-22-25-27-29-31-32-33-34-35-36-37-39-41-44-47-50-53-56-59-66(70)75-64(57-54-51-48-45-42-24-21-18-15-12-9-3)63(62-74-76(71,72)73-61-60-68(4,5)6)67-65(69)58-55-52-49-46-43-40-38-30-28-26-23-20-17-14-11-8-2/h11,14,19-20,22-23,27-30,40,43,54,57,63-64H,7-10,12-13,15-18,21,24-26,31-39,41-42,44-53,55-56,58-62H2,1-6H3,(H-,67,69,71,72)/b14-11+,22-19-,23-20+,29-27-,30-28+,43-40+,57-54-. The number of nitrogens with one attached hydrogen (secondary N) is 1. The second kappa shape index (κ2) is 55.5. The summed E-state index contributed by atoms with van der Waals surface area (Å²) in [5.41, 5.74) is 0. The minimum absolute atomic E-state index is 0.0317. The van der Waals surface area contributed by atoms with Crippen molar-refractivity contribution in [3.63, 3.8) is 0 Å². The molecule has 0 bridgehead atoms. The normalized spacial score (nSPS) is 14.2. The molecule has 0 heterocycles. The molecule has 0 aromatic rings. The number of likely N-dealkylation sites (N-methyl/N-ethyl adjacent to an activating group) is 1. The average Bonchev–Trinajstić information content (AvgIpc) is 3.38. The molecule has 3 atom stereocenters. The second-order valence-electron chi connectivity index (χ2n) is 22.2. The monoisotopic (exact) mass is 1080 g/mol. The highest BCUT2D eigenvalue weighted by atomic mass is 31.2. The maximum atomic E-state index is 13.5. The number of rotatable bonds is 56. The van der Waals surface area contributed by atoms with Gasteiger partial charge in [-0.25, -0.2) is 0 Å². The van der Waals surface area contributed by atoms with Crippen LogP contribution in [0.4, 0.5) is 0 Å². The Balaban J connectivity index is 5.18. The summed E-state index contributed by atoms with van der Waals surface area (Å²) >= 11 is 0. The van der Waals surface area contributed by atoms with Gasteiger partial charge in [0, 0.05) is 12.8 Å². The molecule has 0 fully saturated rings. The first-order valence-electron chi connectivity index (χ1n) is 31.4. The van der Waals surface area contributed by atoms with Gasteiger partial charge in [-0.05, 0) is 102 Å². The smallest absolute Gasteiger partial charge is 0.306 e. The third kappa shape index (κ3) is 55.9. The summed E-state index contributed by atoms with van der Waals surface area (Å²) in [6.45, 7) is 6.68. The van der Waals surface area contributed by atoms with Crippen molar-refractivity contribution in [3.05, 3.63) is 85.1 Å². The second-order valence-corrected chi connectivity index (χ2v) is 23.6. The van der Waals surface area contributed by atoms with Gasteiger partial charge in [0.1, 0.15) is 19.3 Å². The molecule has 440 valence electrons. The summed E-state index contributed by atoms with van der Waals surface area (Å²) in [6, 6.07) is -0.908. The Morgan fingerprint density at radius 3 is 1.30 bits per heavy atom. The van der Waals surface area contributed by atoms with E-state index < -0.39 is 26.6 Å². The van der Waals surface area contributed by atoms with E-state index in [4.69, 9.17) is 13.8 Å². The van der Waals surface area contributed by atoms with E-state index in [1.165, 1.54) is 141 Å². The lowest BCUT2D eigenvalue weighted by molar-refractivity contribution is -0.870. The van der Waals surface area contributed by atoms with Gasteiger partial charge >= 0.3 is 5.97 Å². The molecule has 0 aromatic carbocycles. The Bertz CT molecular complexity index is 1580. The van der Waals surface area contributed by atoms with Gasteiger partial charge in [-0.1, -0.05) is 241 Å². The number of allylic oxidation sites excluding steroid dienone is 13. The number of nitrogens with zero attached hydrogens (tertiary/aromatic N) is 1. The first-order valence-corrected chi connectivity index (χ1v) is 32.9. The summed E-state index contributed by atoms with van der Waals surface area (Å²) in [4.78, 5) is 40.0. The lowest BCUT2D eigenvalue weighted by Gasteiger charge is -2.30. The molecule has 9 nitrogen and oxygen atoms in total. The van der Waals surface area contributed by atoms with Crippen molar-refractivity contribution in [2.75, 3.05) is 40.9 Å². The molecule has 10 heteroatoms. The number of hydrogen-bond donors (Lipinski definition) is 1. The number of hydrogen-bond acceptors (Lipinski definition) is 7. The summed E-state index contributed by atoms with van der Waals surface area (Å²) < 4.78 is 30.3. The largest absolute Gasteiger partial charge is 0.756 e. The average molecular weight is 1080 g/mol. The van der Waals surface area contributed by atoms with E-state index in [1.54, 1.807) is 0 Å². The Hall–Kier alpha value is -2.81. The number of ether oxygens (including phenoxy) is 1. The Morgan fingerprint density at radius 2 is 0.842 bits per heavy atom.